The lowest BCUT2D eigenvalue weighted by Crippen LogP contribution is -2.31. The zero-order chi connectivity index (χ0) is 17.5. The number of methoxy groups -OCH3 is 1. The van der Waals surface area contributed by atoms with Gasteiger partial charge in [0.05, 0.1) is 7.11 Å². The molecule has 2 aromatic rings. The van der Waals surface area contributed by atoms with Crippen molar-refractivity contribution >= 4 is 11.9 Å². The van der Waals surface area contributed by atoms with Gasteiger partial charge >= 0.3 is 5.97 Å². The van der Waals surface area contributed by atoms with Gasteiger partial charge in [-0.3, -0.25) is 9.59 Å². The second-order valence-corrected chi connectivity index (χ2v) is 5.42. The van der Waals surface area contributed by atoms with Gasteiger partial charge in [0.15, 0.2) is 0 Å². The smallest absolute Gasteiger partial charge is 0.303 e. The van der Waals surface area contributed by atoms with Gasteiger partial charge in [-0.2, -0.15) is 0 Å². The van der Waals surface area contributed by atoms with Gasteiger partial charge in [0, 0.05) is 32.3 Å². The monoisotopic (exact) mass is 331 g/mol. The summed E-state index contributed by atoms with van der Waals surface area (Å²) in [6.07, 6.45) is 3.91. The van der Waals surface area contributed by atoms with E-state index < -0.39 is 12.0 Å². The highest BCUT2D eigenvalue weighted by atomic mass is 16.5. The zero-order valence-electron chi connectivity index (χ0n) is 13.7. The molecular formula is C17H21N3O4. The summed E-state index contributed by atoms with van der Waals surface area (Å²) in [6, 6.07) is 6.98. The Morgan fingerprint density at radius 1 is 1.29 bits per heavy atom. The molecule has 2 N–H and O–H groups in total. The zero-order valence-corrected chi connectivity index (χ0v) is 13.7. The van der Waals surface area contributed by atoms with Crippen LogP contribution in [0.5, 0.6) is 5.75 Å². The van der Waals surface area contributed by atoms with Crippen LogP contribution in [0.3, 0.4) is 0 Å². The minimum absolute atomic E-state index is 0.0248. The number of aliphatic carboxylic acids is 1. The molecule has 1 aromatic carbocycles. The molecule has 1 heterocycles. The predicted molar refractivity (Wildman–Crippen MR) is 87.7 cm³/mol. The largest absolute Gasteiger partial charge is 0.497 e. The van der Waals surface area contributed by atoms with Crippen LogP contribution in [0.4, 0.5) is 0 Å². The molecule has 1 amide bonds. The van der Waals surface area contributed by atoms with Crippen molar-refractivity contribution in [2.75, 3.05) is 7.11 Å². The lowest BCUT2D eigenvalue weighted by Gasteiger charge is -2.19. The number of ether oxygens (including phenoxy) is 1. The third-order valence-corrected chi connectivity index (χ3v) is 3.67. The summed E-state index contributed by atoms with van der Waals surface area (Å²) in [5, 5.41) is 11.6. The van der Waals surface area contributed by atoms with Crippen LogP contribution in [-0.4, -0.2) is 33.6 Å². The first-order valence-corrected chi connectivity index (χ1v) is 7.63. The highest BCUT2D eigenvalue weighted by molar-refractivity contribution is 5.77. The van der Waals surface area contributed by atoms with Gasteiger partial charge < -0.3 is 19.7 Å². The molecule has 0 aliphatic rings. The number of imidazole rings is 1. The number of rotatable bonds is 8. The summed E-state index contributed by atoms with van der Waals surface area (Å²) in [6.45, 7) is 0. The Balaban J connectivity index is 2.15. The Hall–Kier alpha value is -2.83. The van der Waals surface area contributed by atoms with Crippen LogP contribution in [0.15, 0.2) is 36.7 Å². The van der Waals surface area contributed by atoms with Crippen molar-refractivity contribution < 1.29 is 19.4 Å². The van der Waals surface area contributed by atoms with Crippen molar-refractivity contribution in [3.8, 4) is 5.75 Å². The van der Waals surface area contributed by atoms with Crippen LogP contribution in [0.2, 0.25) is 0 Å². The van der Waals surface area contributed by atoms with E-state index in [1.165, 1.54) is 0 Å². The Morgan fingerprint density at radius 3 is 2.54 bits per heavy atom. The molecule has 1 aromatic heterocycles. The highest BCUT2D eigenvalue weighted by Gasteiger charge is 2.20. The molecule has 2 rings (SSSR count). The number of hydrogen-bond acceptors (Lipinski definition) is 4. The van der Waals surface area contributed by atoms with E-state index >= 15 is 0 Å². The van der Waals surface area contributed by atoms with Crippen LogP contribution in [0.1, 0.15) is 36.7 Å². The molecule has 0 radical (unpaired) electrons. The fourth-order valence-corrected chi connectivity index (χ4v) is 2.38. The van der Waals surface area contributed by atoms with Gasteiger partial charge in [0.25, 0.3) is 0 Å². The molecule has 0 aliphatic carbocycles. The first-order valence-electron chi connectivity index (χ1n) is 7.63. The molecule has 1 unspecified atom stereocenters. The summed E-state index contributed by atoms with van der Waals surface area (Å²) in [5.74, 6) is 0.315. The van der Waals surface area contributed by atoms with Gasteiger partial charge in [-0.1, -0.05) is 12.1 Å². The number of carboxylic acid groups (broad SMARTS) is 1. The van der Waals surface area contributed by atoms with Crippen molar-refractivity contribution in [1.82, 2.24) is 14.9 Å². The fraction of sp³-hybridized carbons (Fsp3) is 0.353. The fourth-order valence-electron chi connectivity index (χ4n) is 2.38. The van der Waals surface area contributed by atoms with Gasteiger partial charge in [-0.05, 0) is 24.1 Å². The molecule has 128 valence electrons. The van der Waals surface area contributed by atoms with Gasteiger partial charge in [0.2, 0.25) is 5.91 Å². The van der Waals surface area contributed by atoms with E-state index in [0.717, 1.165) is 11.3 Å². The van der Waals surface area contributed by atoms with Crippen molar-refractivity contribution in [3.05, 3.63) is 48.0 Å². The summed E-state index contributed by atoms with van der Waals surface area (Å²) in [5.41, 5.74) is 0.872. The number of benzene rings is 1. The standard InChI is InChI=1S/C17H21N3O4/c1-20-11-10-18-17(20)16(12-6-8-13(24-2)9-7-12)19-14(21)4-3-5-15(22)23/h6-11,16H,3-5H2,1-2H3,(H,19,21)(H,22,23). The van der Waals surface area contributed by atoms with E-state index in [4.69, 9.17) is 9.84 Å². The maximum atomic E-state index is 12.2. The Labute approximate surface area is 140 Å². The number of amides is 1. The minimum atomic E-state index is -0.904. The molecule has 0 saturated carbocycles. The molecule has 0 aliphatic heterocycles. The quantitative estimate of drug-likeness (QED) is 0.770. The van der Waals surface area contributed by atoms with E-state index in [0.29, 0.717) is 12.2 Å². The molecule has 7 heteroatoms. The van der Waals surface area contributed by atoms with Crippen molar-refractivity contribution in [2.45, 2.75) is 25.3 Å². The minimum Gasteiger partial charge on any atom is -0.497 e. The van der Waals surface area contributed by atoms with Crippen molar-refractivity contribution in [2.24, 2.45) is 7.05 Å². The SMILES string of the molecule is COc1ccc(C(NC(=O)CCCC(=O)O)c2nccn2C)cc1. The highest BCUT2D eigenvalue weighted by Crippen LogP contribution is 2.23. The lowest BCUT2D eigenvalue weighted by molar-refractivity contribution is -0.137. The summed E-state index contributed by atoms with van der Waals surface area (Å²) in [7, 11) is 3.45. The van der Waals surface area contributed by atoms with E-state index in [1.54, 1.807) is 13.3 Å². The number of nitrogens with zero attached hydrogens (tertiary/aromatic N) is 2. The molecule has 0 fully saturated rings. The number of aryl methyl sites for hydroxylation is 1. The summed E-state index contributed by atoms with van der Waals surface area (Å²) in [4.78, 5) is 27.1. The Morgan fingerprint density at radius 2 is 2.00 bits per heavy atom. The molecule has 1 atom stereocenters. The van der Waals surface area contributed by atoms with Gasteiger partial charge in [0.1, 0.15) is 17.6 Å². The third kappa shape index (κ3) is 4.58. The maximum Gasteiger partial charge on any atom is 0.303 e. The summed E-state index contributed by atoms with van der Waals surface area (Å²) < 4.78 is 7.00. The van der Waals surface area contributed by atoms with Crippen LogP contribution in [0, 0.1) is 0 Å². The van der Waals surface area contributed by atoms with Crippen LogP contribution >= 0.6 is 0 Å². The molecule has 0 saturated heterocycles. The lowest BCUT2D eigenvalue weighted by atomic mass is 10.1. The normalized spacial score (nSPS) is 11.8. The molecule has 0 spiro atoms. The number of nitrogens with one attached hydrogen (secondary N) is 1. The maximum absolute atomic E-state index is 12.2. The number of carbonyl (C=O) groups is 2. The third-order valence-electron chi connectivity index (χ3n) is 3.67. The average molecular weight is 331 g/mol. The Bertz CT molecular complexity index is 694. The van der Waals surface area contributed by atoms with E-state index in [9.17, 15) is 9.59 Å². The van der Waals surface area contributed by atoms with Gasteiger partial charge in [-0.25, -0.2) is 4.98 Å². The predicted octanol–water partition coefficient (Wildman–Crippen LogP) is 1.89. The summed E-state index contributed by atoms with van der Waals surface area (Å²) >= 11 is 0. The average Bonchev–Trinajstić information content (AvgIpc) is 2.98. The van der Waals surface area contributed by atoms with E-state index in [1.807, 2.05) is 42.1 Å². The second kappa shape index (κ2) is 8.14. The molecule has 7 nitrogen and oxygen atoms in total. The van der Waals surface area contributed by atoms with Crippen LogP contribution in [-0.2, 0) is 16.6 Å². The van der Waals surface area contributed by atoms with Crippen molar-refractivity contribution in [3.63, 3.8) is 0 Å². The van der Waals surface area contributed by atoms with E-state index in [2.05, 4.69) is 10.3 Å². The molecule has 24 heavy (non-hydrogen) atoms. The van der Waals surface area contributed by atoms with Crippen molar-refractivity contribution in [1.29, 1.82) is 0 Å². The van der Waals surface area contributed by atoms with Crippen LogP contribution < -0.4 is 10.1 Å². The first-order chi connectivity index (χ1) is 11.5. The number of carbonyl (C=O) groups excluding carboxylic acids is 1. The van der Waals surface area contributed by atoms with Crippen LogP contribution in [0.25, 0.3) is 0 Å². The van der Waals surface area contributed by atoms with Gasteiger partial charge in [-0.15, -0.1) is 0 Å². The number of aromatic nitrogens is 2. The topological polar surface area (TPSA) is 93.4 Å². The Kier molecular flexibility index (Phi) is 5.95. The number of carboxylic acids is 1. The van der Waals surface area contributed by atoms with E-state index in [-0.39, 0.29) is 18.7 Å². The first kappa shape index (κ1) is 17.5. The second-order valence-electron chi connectivity index (χ2n) is 5.42. The molecular weight excluding hydrogens is 310 g/mol. The molecule has 0 bridgehead atoms. The number of hydrogen-bond donors (Lipinski definition) is 2.